The van der Waals surface area contributed by atoms with E-state index in [4.69, 9.17) is 10.1 Å². The zero-order valence-corrected chi connectivity index (χ0v) is 15.1. The number of benzene rings is 1. The lowest BCUT2D eigenvalue weighted by Crippen LogP contribution is -2.18. The largest absolute Gasteiger partial charge is 0.395 e. The maximum atomic E-state index is 9.58. The second-order valence-corrected chi connectivity index (χ2v) is 6.49. The van der Waals surface area contributed by atoms with Gasteiger partial charge >= 0.3 is 0 Å². The highest BCUT2D eigenvalue weighted by molar-refractivity contribution is 5.81. The van der Waals surface area contributed by atoms with Gasteiger partial charge in [0.1, 0.15) is 23.3 Å². The van der Waals surface area contributed by atoms with E-state index in [1.807, 2.05) is 25.2 Å². The highest BCUT2D eigenvalue weighted by Gasteiger charge is 2.20. The summed E-state index contributed by atoms with van der Waals surface area (Å²) in [4.78, 5) is 7.96. The van der Waals surface area contributed by atoms with Crippen LogP contribution in [0, 0.1) is 11.3 Å². The quantitative estimate of drug-likeness (QED) is 0.577. The van der Waals surface area contributed by atoms with Gasteiger partial charge in [0, 0.05) is 30.0 Å². The Bertz CT molecular complexity index is 779. The minimum atomic E-state index is 0.0806. The molecular weight excluding hydrogens is 328 g/mol. The molecule has 138 valence electrons. The average molecular weight is 354 g/mol. The lowest BCUT2D eigenvalue weighted by atomic mass is 10.1. The number of aromatic amines is 1. The molecule has 26 heavy (non-hydrogen) atoms. The number of nitriles is 1. The van der Waals surface area contributed by atoms with E-state index in [0.717, 1.165) is 55.0 Å². The van der Waals surface area contributed by atoms with Crippen LogP contribution in [-0.4, -0.2) is 41.8 Å². The summed E-state index contributed by atoms with van der Waals surface area (Å²) < 4.78 is 0. The number of aliphatic hydroxyl groups excluding tert-OH is 1. The number of rotatable bonds is 4. The molecule has 0 fully saturated rings. The number of H-pyrrole nitrogens is 1. The summed E-state index contributed by atoms with van der Waals surface area (Å²) in [5.41, 5.74) is 3.95. The van der Waals surface area contributed by atoms with Gasteiger partial charge in [0.25, 0.3) is 0 Å². The van der Waals surface area contributed by atoms with Gasteiger partial charge in [-0.2, -0.15) is 5.26 Å². The van der Waals surface area contributed by atoms with Gasteiger partial charge in [-0.05, 0) is 38.1 Å². The van der Waals surface area contributed by atoms with E-state index in [0.29, 0.717) is 17.9 Å². The van der Waals surface area contributed by atoms with E-state index in [2.05, 4.69) is 27.0 Å². The standard InChI is InChI=1S/C19H26N6O/c1-21-15-5-3-2-4-8-23-16-11-13(22-9-10-26)6-7-14(16)18-17(12-20)24-19(15)25-18/h6-7,11,15,21-23,26H,2-5,8-10H2,1H3,(H,24,25)/t15-/m0/s1. The molecule has 0 saturated heterocycles. The number of nitrogens with one attached hydrogen (secondary N) is 4. The molecule has 1 aliphatic heterocycles. The molecule has 3 rings (SSSR count). The second kappa shape index (κ2) is 8.70. The van der Waals surface area contributed by atoms with Gasteiger partial charge in [-0.15, -0.1) is 0 Å². The monoisotopic (exact) mass is 354 g/mol. The molecule has 0 saturated carbocycles. The fourth-order valence-electron chi connectivity index (χ4n) is 3.33. The van der Waals surface area contributed by atoms with Crippen molar-refractivity contribution in [2.45, 2.75) is 31.7 Å². The fourth-order valence-corrected chi connectivity index (χ4v) is 3.33. The molecule has 0 spiro atoms. The highest BCUT2D eigenvalue weighted by Crippen LogP contribution is 2.33. The van der Waals surface area contributed by atoms with Gasteiger partial charge in [-0.1, -0.05) is 12.8 Å². The molecule has 2 heterocycles. The first-order chi connectivity index (χ1) is 12.8. The average Bonchev–Trinajstić information content (AvgIpc) is 3.09. The summed E-state index contributed by atoms with van der Waals surface area (Å²) in [6.07, 6.45) is 4.33. The normalized spacial score (nSPS) is 17.2. The van der Waals surface area contributed by atoms with Crippen molar-refractivity contribution in [3.63, 3.8) is 0 Å². The van der Waals surface area contributed by atoms with Gasteiger partial charge in [0.15, 0.2) is 0 Å². The number of aromatic nitrogens is 2. The maximum Gasteiger partial charge on any atom is 0.145 e. The van der Waals surface area contributed by atoms with Gasteiger partial charge < -0.3 is 26.0 Å². The summed E-state index contributed by atoms with van der Waals surface area (Å²) in [5, 5.41) is 28.6. The Hall–Kier alpha value is -2.56. The van der Waals surface area contributed by atoms with E-state index < -0.39 is 0 Å². The molecule has 1 aliphatic rings. The van der Waals surface area contributed by atoms with Crippen molar-refractivity contribution in [3.05, 3.63) is 29.7 Å². The Labute approximate surface area is 153 Å². The third-order valence-corrected chi connectivity index (χ3v) is 4.71. The van der Waals surface area contributed by atoms with Crippen molar-refractivity contribution in [2.24, 2.45) is 0 Å². The first kappa shape index (κ1) is 18.2. The van der Waals surface area contributed by atoms with Crippen LogP contribution >= 0.6 is 0 Å². The van der Waals surface area contributed by atoms with Gasteiger partial charge in [-0.3, -0.25) is 0 Å². The Morgan fingerprint density at radius 1 is 1.35 bits per heavy atom. The topological polar surface area (TPSA) is 109 Å². The fraction of sp³-hybridized carbons (Fsp3) is 0.474. The van der Waals surface area contributed by atoms with Gasteiger partial charge in [-0.25, -0.2) is 4.98 Å². The molecule has 2 bridgehead atoms. The summed E-state index contributed by atoms with van der Waals surface area (Å²) >= 11 is 0. The van der Waals surface area contributed by atoms with Gasteiger partial charge in [0.2, 0.25) is 0 Å². The maximum absolute atomic E-state index is 9.58. The SMILES string of the molecule is CN[C@H]1CCCCCNc2cc(NCCO)ccc2-c2nc1[nH]c2C#N. The van der Waals surface area contributed by atoms with Crippen LogP contribution in [0.3, 0.4) is 0 Å². The van der Waals surface area contributed by atoms with Crippen molar-refractivity contribution in [1.82, 2.24) is 15.3 Å². The molecule has 0 aliphatic carbocycles. The van der Waals surface area contributed by atoms with E-state index in [1.54, 1.807) is 0 Å². The zero-order valence-electron chi connectivity index (χ0n) is 15.1. The van der Waals surface area contributed by atoms with Crippen LogP contribution in [0.2, 0.25) is 0 Å². The summed E-state index contributed by atoms with van der Waals surface area (Å²) in [6, 6.07) is 8.31. The van der Waals surface area contributed by atoms with E-state index in [1.165, 1.54) is 0 Å². The third kappa shape index (κ3) is 3.98. The first-order valence-electron chi connectivity index (χ1n) is 9.17. The predicted octanol–water partition coefficient (Wildman–Crippen LogP) is 2.60. The van der Waals surface area contributed by atoms with Crippen molar-refractivity contribution >= 4 is 11.4 Å². The molecule has 7 nitrogen and oxygen atoms in total. The molecule has 0 amide bonds. The number of nitrogens with zero attached hydrogens (tertiary/aromatic N) is 2. The predicted molar refractivity (Wildman–Crippen MR) is 103 cm³/mol. The van der Waals surface area contributed by atoms with Crippen molar-refractivity contribution in [3.8, 4) is 17.3 Å². The number of imidazole rings is 1. The van der Waals surface area contributed by atoms with Crippen LogP contribution < -0.4 is 16.0 Å². The molecule has 1 aromatic carbocycles. The first-order valence-corrected chi connectivity index (χ1v) is 9.17. The zero-order chi connectivity index (χ0) is 18.4. The molecule has 7 heteroatoms. The molecule has 5 N–H and O–H groups in total. The number of fused-ring (bicyclic) bond motifs is 4. The molecule has 2 aromatic rings. The van der Waals surface area contributed by atoms with Crippen LogP contribution in [0.1, 0.15) is 43.2 Å². The van der Waals surface area contributed by atoms with Crippen LogP contribution in [0.15, 0.2) is 18.2 Å². The van der Waals surface area contributed by atoms with Crippen LogP contribution in [-0.2, 0) is 0 Å². The third-order valence-electron chi connectivity index (χ3n) is 4.71. The molecule has 1 atom stereocenters. The number of hydrogen-bond acceptors (Lipinski definition) is 6. The Morgan fingerprint density at radius 3 is 3.00 bits per heavy atom. The van der Waals surface area contributed by atoms with E-state index in [-0.39, 0.29) is 12.6 Å². The Morgan fingerprint density at radius 2 is 2.23 bits per heavy atom. The van der Waals surface area contributed by atoms with E-state index >= 15 is 0 Å². The molecular formula is C19H26N6O. The van der Waals surface area contributed by atoms with Crippen LogP contribution in [0.25, 0.3) is 11.3 Å². The van der Waals surface area contributed by atoms with Crippen molar-refractivity contribution < 1.29 is 5.11 Å². The van der Waals surface area contributed by atoms with Crippen LogP contribution in [0.5, 0.6) is 0 Å². The smallest absolute Gasteiger partial charge is 0.145 e. The Balaban J connectivity index is 2.05. The van der Waals surface area contributed by atoms with Gasteiger partial charge in [0.05, 0.1) is 12.6 Å². The minimum absolute atomic E-state index is 0.0806. The molecule has 1 aromatic heterocycles. The van der Waals surface area contributed by atoms with E-state index in [9.17, 15) is 5.26 Å². The minimum Gasteiger partial charge on any atom is -0.395 e. The second-order valence-electron chi connectivity index (χ2n) is 6.49. The lowest BCUT2D eigenvalue weighted by molar-refractivity contribution is 0.311. The van der Waals surface area contributed by atoms with Crippen molar-refractivity contribution in [2.75, 3.05) is 37.4 Å². The molecule has 0 unspecified atom stereocenters. The summed E-state index contributed by atoms with van der Waals surface area (Å²) in [7, 11) is 1.93. The lowest BCUT2D eigenvalue weighted by Gasteiger charge is -2.16. The highest BCUT2D eigenvalue weighted by atomic mass is 16.3. The summed E-state index contributed by atoms with van der Waals surface area (Å²) in [5.74, 6) is 0.813. The number of aliphatic hydroxyl groups is 1. The van der Waals surface area contributed by atoms with Crippen molar-refractivity contribution in [1.29, 1.82) is 5.26 Å². The Kier molecular flexibility index (Phi) is 6.10. The van der Waals surface area contributed by atoms with Crippen LogP contribution in [0.4, 0.5) is 11.4 Å². The number of anilines is 2. The summed E-state index contributed by atoms with van der Waals surface area (Å²) in [6.45, 7) is 1.45. The number of hydrogen-bond donors (Lipinski definition) is 5. The molecule has 0 radical (unpaired) electrons.